The minimum Gasteiger partial charge on any atom is -0.481 e. The molecule has 1 aromatic rings. The zero-order valence-electron chi connectivity index (χ0n) is 11.4. The van der Waals surface area contributed by atoms with Crippen molar-refractivity contribution >= 4 is 17.6 Å². The maximum atomic E-state index is 11.4. The van der Waals surface area contributed by atoms with Gasteiger partial charge < -0.3 is 5.11 Å². The molecular formula is C14H19ClN2O2. The molecule has 1 unspecified atom stereocenters. The van der Waals surface area contributed by atoms with Gasteiger partial charge in [0.1, 0.15) is 0 Å². The van der Waals surface area contributed by atoms with Crippen molar-refractivity contribution in [2.24, 2.45) is 5.92 Å². The maximum absolute atomic E-state index is 11.4. The zero-order chi connectivity index (χ0) is 14.2. The van der Waals surface area contributed by atoms with Gasteiger partial charge in [0.05, 0.1) is 10.9 Å². The van der Waals surface area contributed by atoms with E-state index in [0.717, 1.165) is 12.2 Å². The van der Waals surface area contributed by atoms with Gasteiger partial charge in [-0.3, -0.25) is 14.7 Å². The van der Waals surface area contributed by atoms with Crippen LogP contribution >= 0.6 is 11.6 Å². The lowest BCUT2D eigenvalue weighted by Gasteiger charge is -2.31. The number of likely N-dealkylation sites (tertiary alicyclic amines) is 1. The Bertz CT molecular complexity index is 467. The molecule has 1 aliphatic rings. The second-order valence-electron chi connectivity index (χ2n) is 6.03. The number of aromatic nitrogens is 1. The van der Waals surface area contributed by atoms with Crippen LogP contribution < -0.4 is 0 Å². The topological polar surface area (TPSA) is 53.4 Å². The van der Waals surface area contributed by atoms with Crippen molar-refractivity contribution in [1.82, 2.24) is 9.88 Å². The number of pyridine rings is 1. The fourth-order valence-corrected chi connectivity index (χ4v) is 2.62. The highest BCUT2D eigenvalue weighted by molar-refractivity contribution is 6.30. The van der Waals surface area contributed by atoms with Crippen LogP contribution in [0, 0.1) is 5.92 Å². The molecule has 1 saturated heterocycles. The van der Waals surface area contributed by atoms with Crippen molar-refractivity contribution < 1.29 is 9.90 Å². The van der Waals surface area contributed by atoms with Gasteiger partial charge in [0.15, 0.2) is 0 Å². The molecule has 1 aliphatic heterocycles. The van der Waals surface area contributed by atoms with Crippen LogP contribution in [-0.4, -0.2) is 39.6 Å². The third-order valence-electron chi connectivity index (χ3n) is 3.72. The second kappa shape index (κ2) is 5.10. The van der Waals surface area contributed by atoms with E-state index in [4.69, 9.17) is 11.6 Å². The molecular weight excluding hydrogens is 264 g/mol. The predicted octanol–water partition coefficient (Wildman–Crippen LogP) is 2.63. The average molecular weight is 283 g/mol. The SMILES string of the molecule is CC(C)(C)N1CC(C(=O)O)[C@H](c2ccc(Cl)cn2)C1. The number of carboxylic acids is 1. The standard InChI is InChI=1S/C14H19ClN2O2/c1-14(2,3)17-7-10(11(8-17)13(18)19)12-5-4-9(15)6-16-12/h4-6,10-11H,7-8H2,1-3H3,(H,18,19)/t10-,11?/m1/s1. The van der Waals surface area contributed by atoms with Gasteiger partial charge in [0, 0.05) is 36.4 Å². The molecule has 0 radical (unpaired) electrons. The molecule has 2 heterocycles. The second-order valence-corrected chi connectivity index (χ2v) is 6.46. The van der Waals surface area contributed by atoms with E-state index in [1.165, 1.54) is 0 Å². The third kappa shape index (κ3) is 3.07. The van der Waals surface area contributed by atoms with E-state index in [9.17, 15) is 9.90 Å². The molecule has 2 rings (SSSR count). The predicted molar refractivity (Wildman–Crippen MR) is 74.4 cm³/mol. The first-order valence-corrected chi connectivity index (χ1v) is 6.76. The Morgan fingerprint density at radius 2 is 2.11 bits per heavy atom. The minimum absolute atomic E-state index is 0.0329. The Balaban J connectivity index is 2.27. The molecule has 0 spiro atoms. The molecule has 0 bridgehead atoms. The molecule has 0 aliphatic carbocycles. The van der Waals surface area contributed by atoms with Crippen LogP contribution in [-0.2, 0) is 4.79 Å². The fourth-order valence-electron chi connectivity index (χ4n) is 2.51. The first-order chi connectivity index (χ1) is 8.79. The molecule has 4 nitrogen and oxygen atoms in total. The summed E-state index contributed by atoms with van der Waals surface area (Å²) in [7, 11) is 0. The minimum atomic E-state index is -0.756. The van der Waals surface area contributed by atoms with Gasteiger partial charge in [-0.25, -0.2) is 0 Å². The van der Waals surface area contributed by atoms with Crippen LogP contribution in [0.1, 0.15) is 32.4 Å². The molecule has 0 aromatic carbocycles. The Labute approximate surface area is 118 Å². The van der Waals surface area contributed by atoms with Crippen molar-refractivity contribution in [1.29, 1.82) is 0 Å². The van der Waals surface area contributed by atoms with Crippen molar-refractivity contribution in [3.63, 3.8) is 0 Å². The summed E-state index contributed by atoms with van der Waals surface area (Å²) in [5.74, 6) is -1.24. The molecule has 1 aromatic heterocycles. The summed E-state index contributed by atoms with van der Waals surface area (Å²) in [6.07, 6.45) is 1.58. The van der Waals surface area contributed by atoms with Gasteiger partial charge in [-0.1, -0.05) is 11.6 Å². The van der Waals surface area contributed by atoms with E-state index in [1.54, 1.807) is 12.3 Å². The first kappa shape index (κ1) is 14.3. The van der Waals surface area contributed by atoms with E-state index in [-0.39, 0.29) is 11.5 Å². The van der Waals surface area contributed by atoms with Gasteiger partial charge in [0.2, 0.25) is 0 Å². The lowest BCUT2D eigenvalue weighted by atomic mass is 9.93. The number of hydrogen-bond acceptors (Lipinski definition) is 3. The normalized spacial score (nSPS) is 24.6. The highest BCUT2D eigenvalue weighted by atomic mass is 35.5. The van der Waals surface area contributed by atoms with Crippen molar-refractivity contribution in [3.8, 4) is 0 Å². The van der Waals surface area contributed by atoms with Gasteiger partial charge in [-0.2, -0.15) is 0 Å². The number of carboxylic acid groups (broad SMARTS) is 1. The summed E-state index contributed by atoms with van der Waals surface area (Å²) in [6.45, 7) is 7.58. The summed E-state index contributed by atoms with van der Waals surface area (Å²) in [5.41, 5.74) is 0.776. The maximum Gasteiger partial charge on any atom is 0.308 e. The number of rotatable bonds is 2. The number of halogens is 1. The first-order valence-electron chi connectivity index (χ1n) is 6.38. The fraction of sp³-hybridized carbons (Fsp3) is 0.571. The smallest absolute Gasteiger partial charge is 0.308 e. The Kier molecular flexibility index (Phi) is 3.83. The van der Waals surface area contributed by atoms with Crippen molar-refractivity contribution in [3.05, 3.63) is 29.0 Å². The van der Waals surface area contributed by atoms with Crippen LogP contribution in [0.5, 0.6) is 0 Å². The van der Waals surface area contributed by atoms with Crippen molar-refractivity contribution in [2.45, 2.75) is 32.2 Å². The van der Waals surface area contributed by atoms with Crippen LogP contribution in [0.15, 0.2) is 18.3 Å². The summed E-state index contributed by atoms with van der Waals surface area (Å²) >= 11 is 5.83. The lowest BCUT2D eigenvalue weighted by molar-refractivity contribution is -0.141. The van der Waals surface area contributed by atoms with Crippen molar-refractivity contribution in [2.75, 3.05) is 13.1 Å². The number of aliphatic carboxylic acids is 1. The molecule has 1 fully saturated rings. The van der Waals surface area contributed by atoms with E-state index < -0.39 is 11.9 Å². The summed E-state index contributed by atoms with van der Waals surface area (Å²) in [5, 5.41) is 9.97. The Morgan fingerprint density at radius 3 is 2.58 bits per heavy atom. The van der Waals surface area contributed by atoms with E-state index >= 15 is 0 Å². The Morgan fingerprint density at radius 1 is 1.42 bits per heavy atom. The molecule has 0 saturated carbocycles. The van der Waals surface area contributed by atoms with E-state index in [2.05, 4.69) is 30.7 Å². The molecule has 0 amide bonds. The zero-order valence-corrected chi connectivity index (χ0v) is 12.2. The largest absolute Gasteiger partial charge is 0.481 e. The monoisotopic (exact) mass is 282 g/mol. The van der Waals surface area contributed by atoms with E-state index in [1.807, 2.05) is 6.07 Å². The number of hydrogen-bond donors (Lipinski definition) is 1. The van der Waals surface area contributed by atoms with Crippen LogP contribution in [0.2, 0.25) is 5.02 Å². The Hall–Kier alpha value is -1.13. The summed E-state index contributed by atoms with van der Waals surface area (Å²) in [6, 6.07) is 3.59. The quantitative estimate of drug-likeness (QED) is 0.906. The highest BCUT2D eigenvalue weighted by Crippen LogP contribution is 2.35. The molecule has 104 valence electrons. The van der Waals surface area contributed by atoms with Gasteiger partial charge in [0.25, 0.3) is 0 Å². The van der Waals surface area contributed by atoms with Gasteiger partial charge >= 0.3 is 5.97 Å². The highest BCUT2D eigenvalue weighted by Gasteiger charge is 2.42. The van der Waals surface area contributed by atoms with Gasteiger partial charge in [-0.15, -0.1) is 0 Å². The number of nitrogens with zero attached hydrogens (tertiary/aromatic N) is 2. The van der Waals surface area contributed by atoms with Crippen LogP contribution in [0.4, 0.5) is 0 Å². The third-order valence-corrected chi connectivity index (χ3v) is 3.94. The van der Waals surface area contributed by atoms with Crippen LogP contribution in [0.3, 0.4) is 0 Å². The van der Waals surface area contributed by atoms with Gasteiger partial charge in [-0.05, 0) is 32.9 Å². The van der Waals surface area contributed by atoms with Crippen LogP contribution in [0.25, 0.3) is 0 Å². The average Bonchev–Trinajstić information content (AvgIpc) is 2.74. The summed E-state index contributed by atoms with van der Waals surface area (Å²) in [4.78, 5) is 17.9. The summed E-state index contributed by atoms with van der Waals surface area (Å²) < 4.78 is 0. The lowest BCUT2D eigenvalue weighted by Crippen LogP contribution is -2.40. The molecule has 19 heavy (non-hydrogen) atoms. The molecule has 5 heteroatoms. The number of carbonyl (C=O) groups is 1. The molecule has 1 N–H and O–H groups in total. The van der Waals surface area contributed by atoms with E-state index in [0.29, 0.717) is 11.6 Å². The molecule has 2 atom stereocenters.